The van der Waals surface area contributed by atoms with E-state index in [1.54, 1.807) is 29.3 Å². The van der Waals surface area contributed by atoms with Gasteiger partial charge in [0.05, 0.1) is 11.7 Å². The predicted octanol–water partition coefficient (Wildman–Crippen LogP) is 2.97. The molecule has 4 rings (SSSR count). The third-order valence-corrected chi connectivity index (χ3v) is 5.13. The van der Waals surface area contributed by atoms with Crippen LogP contribution < -0.4 is 5.32 Å². The van der Waals surface area contributed by atoms with E-state index < -0.39 is 0 Å². The van der Waals surface area contributed by atoms with Crippen molar-refractivity contribution in [3.05, 3.63) is 64.3 Å². The van der Waals surface area contributed by atoms with Crippen LogP contribution in [0.4, 0.5) is 0 Å². The van der Waals surface area contributed by atoms with Gasteiger partial charge < -0.3 is 10.2 Å². The number of fused-ring (bicyclic) bond motifs is 1. The van der Waals surface area contributed by atoms with Gasteiger partial charge >= 0.3 is 0 Å². The molecule has 3 aromatic rings. The average molecular weight is 413 g/mol. The molecule has 2 heterocycles. The first-order valence-corrected chi connectivity index (χ1v) is 9.18. The SMILES string of the molecule is O=C(N[C@@H]1CCN(C(=O)c2ccc3[nH]ncc3c2)C1)c1ccc(Br)cc1. The number of nitrogens with zero attached hydrogens (tertiary/aromatic N) is 2. The molecule has 1 aromatic heterocycles. The molecule has 0 bridgehead atoms. The Morgan fingerprint density at radius 3 is 2.73 bits per heavy atom. The first-order valence-electron chi connectivity index (χ1n) is 8.39. The quantitative estimate of drug-likeness (QED) is 0.693. The Bertz CT molecular complexity index is 967. The van der Waals surface area contributed by atoms with Crippen molar-refractivity contribution in [2.24, 2.45) is 0 Å². The van der Waals surface area contributed by atoms with Gasteiger partial charge in [-0.3, -0.25) is 14.7 Å². The fraction of sp³-hybridized carbons (Fsp3) is 0.211. The Labute approximate surface area is 158 Å². The Kier molecular flexibility index (Phi) is 4.46. The van der Waals surface area contributed by atoms with Crippen molar-refractivity contribution < 1.29 is 9.59 Å². The highest BCUT2D eigenvalue weighted by Crippen LogP contribution is 2.18. The zero-order valence-corrected chi connectivity index (χ0v) is 15.5. The molecule has 7 heteroatoms. The number of hydrogen-bond donors (Lipinski definition) is 2. The number of aromatic amines is 1. The Balaban J connectivity index is 1.40. The summed E-state index contributed by atoms with van der Waals surface area (Å²) >= 11 is 3.36. The molecule has 2 amide bonds. The smallest absolute Gasteiger partial charge is 0.253 e. The number of H-pyrrole nitrogens is 1. The number of halogens is 1. The molecule has 0 unspecified atom stereocenters. The second kappa shape index (κ2) is 6.92. The highest BCUT2D eigenvalue weighted by Gasteiger charge is 2.28. The topological polar surface area (TPSA) is 78.1 Å². The average Bonchev–Trinajstić information content (AvgIpc) is 3.30. The van der Waals surface area contributed by atoms with E-state index in [0.717, 1.165) is 21.8 Å². The first kappa shape index (κ1) is 16.8. The van der Waals surface area contributed by atoms with Crippen molar-refractivity contribution in [1.29, 1.82) is 0 Å². The van der Waals surface area contributed by atoms with Gasteiger partial charge in [0, 0.05) is 40.1 Å². The molecule has 1 aliphatic rings. The maximum absolute atomic E-state index is 12.7. The summed E-state index contributed by atoms with van der Waals surface area (Å²) < 4.78 is 0.932. The van der Waals surface area contributed by atoms with Crippen molar-refractivity contribution in [2.45, 2.75) is 12.5 Å². The minimum Gasteiger partial charge on any atom is -0.347 e. The van der Waals surface area contributed by atoms with Crippen LogP contribution in [-0.4, -0.2) is 46.0 Å². The zero-order chi connectivity index (χ0) is 18.1. The molecule has 132 valence electrons. The fourth-order valence-corrected chi connectivity index (χ4v) is 3.46. The highest BCUT2D eigenvalue weighted by molar-refractivity contribution is 9.10. The molecular formula is C19H17BrN4O2. The zero-order valence-electron chi connectivity index (χ0n) is 13.9. The third kappa shape index (κ3) is 3.35. The van der Waals surface area contributed by atoms with E-state index in [4.69, 9.17) is 0 Å². The molecule has 0 spiro atoms. The lowest BCUT2D eigenvalue weighted by molar-refractivity contribution is 0.0783. The van der Waals surface area contributed by atoms with Gasteiger partial charge in [-0.1, -0.05) is 15.9 Å². The lowest BCUT2D eigenvalue weighted by Gasteiger charge is -2.17. The Morgan fingerprint density at radius 1 is 1.15 bits per heavy atom. The minimum atomic E-state index is -0.114. The number of nitrogens with one attached hydrogen (secondary N) is 2. The van der Waals surface area contributed by atoms with E-state index in [1.165, 1.54) is 0 Å². The van der Waals surface area contributed by atoms with E-state index in [9.17, 15) is 9.59 Å². The summed E-state index contributed by atoms with van der Waals surface area (Å²) in [5.74, 6) is -0.134. The number of benzene rings is 2. The van der Waals surface area contributed by atoms with Crippen molar-refractivity contribution in [3.8, 4) is 0 Å². The van der Waals surface area contributed by atoms with Crippen LogP contribution in [0.25, 0.3) is 10.9 Å². The predicted molar refractivity (Wildman–Crippen MR) is 102 cm³/mol. The maximum atomic E-state index is 12.7. The van der Waals surface area contributed by atoms with Crippen molar-refractivity contribution in [1.82, 2.24) is 20.4 Å². The third-order valence-electron chi connectivity index (χ3n) is 4.60. The monoisotopic (exact) mass is 412 g/mol. The number of likely N-dealkylation sites (tertiary alicyclic amines) is 1. The van der Waals surface area contributed by atoms with Gasteiger partial charge in [-0.15, -0.1) is 0 Å². The summed E-state index contributed by atoms with van der Waals surface area (Å²) in [6, 6.07) is 12.7. The number of hydrogen-bond acceptors (Lipinski definition) is 3. The van der Waals surface area contributed by atoms with Crippen LogP contribution >= 0.6 is 15.9 Å². The van der Waals surface area contributed by atoms with Crippen LogP contribution in [0, 0.1) is 0 Å². The summed E-state index contributed by atoms with van der Waals surface area (Å²) in [7, 11) is 0. The molecule has 0 aliphatic carbocycles. The summed E-state index contributed by atoms with van der Waals surface area (Å²) in [4.78, 5) is 26.8. The van der Waals surface area contributed by atoms with Crippen molar-refractivity contribution >= 4 is 38.6 Å². The number of aromatic nitrogens is 2. The maximum Gasteiger partial charge on any atom is 0.253 e. The van der Waals surface area contributed by atoms with E-state index in [1.807, 2.05) is 24.3 Å². The van der Waals surface area contributed by atoms with Crippen LogP contribution in [0.3, 0.4) is 0 Å². The largest absolute Gasteiger partial charge is 0.347 e. The Morgan fingerprint density at radius 2 is 1.92 bits per heavy atom. The molecule has 2 aromatic carbocycles. The Hall–Kier alpha value is -2.67. The molecule has 26 heavy (non-hydrogen) atoms. The van der Waals surface area contributed by atoms with E-state index in [-0.39, 0.29) is 17.9 Å². The van der Waals surface area contributed by atoms with Crippen molar-refractivity contribution in [2.75, 3.05) is 13.1 Å². The fourth-order valence-electron chi connectivity index (χ4n) is 3.19. The molecule has 0 radical (unpaired) electrons. The van der Waals surface area contributed by atoms with Crippen LogP contribution in [0.15, 0.2) is 53.1 Å². The lowest BCUT2D eigenvalue weighted by atomic mass is 10.1. The molecule has 6 nitrogen and oxygen atoms in total. The number of carbonyl (C=O) groups is 2. The van der Waals surface area contributed by atoms with E-state index in [2.05, 4.69) is 31.4 Å². The van der Waals surface area contributed by atoms with Crippen LogP contribution in [-0.2, 0) is 0 Å². The molecule has 0 saturated carbocycles. The second-order valence-electron chi connectivity index (χ2n) is 6.39. The number of carbonyl (C=O) groups excluding carboxylic acids is 2. The molecule has 1 saturated heterocycles. The van der Waals surface area contributed by atoms with Gasteiger partial charge in [0.2, 0.25) is 0 Å². The lowest BCUT2D eigenvalue weighted by Crippen LogP contribution is -2.38. The summed E-state index contributed by atoms with van der Waals surface area (Å²) in [6.07, 6.45) is 2.46. The van der Waals surface area contributed by atoms with Crippen molar-refractivity contribution in [3.63, 3.8) is 0 Å². The standard InChI is InChI=1S/C19H17BrN4O2/c20-15-4-1-12(2-5-15)18(25)22-16-7-8-24(11-16)19(26)13-3-6-17-14(9-13)10-21-23-17/h1-6,9-10,16H,7-8,11H2,(H,21,23)(H,22,25)/t16-/m1/s1. The second-order valence-corrected chi connectivity index (χ2v) is 7.30. The number of amides is 2. The first-order chi connectivity index (χ1) is 12.6. The molecule has 1 atom stereocenters. The minimum absolute atomic E-state index is 0.0199. The van der Waals surface area contributed by atoms with Gasteiger partial charge in [0.1, 0.15) is 0 Å². The van der Waals surface area contributed by atoms with E-state index >= 15 is 0 Å². The van der Waals surface area contributed by atoms with Crippen LogP contribution in [0.1, 0.15) is 27.1 Å². The molecule has 2 N–H and O–H groups in total. The normalized spacial score (nSPS) is 16.8. The van der Waals surface area contributed by atoms with Gasteiger partial charge in [0.15, 0.2) is 0 Å². The summed E-state index contributed by atoms with van der Waals surface area (Å²) in [5, 5.41) is 10.8. The van der Waals surface area contributed by atoms with Crippen LogP contribution in [0.2, 0.25) is 0 Å². The van der Waals surface area contributed by atoms with E-state index in [0.29, 0.717) is 24.2 Å². The summed E-state index contributed by atoms with van der Waals surface area (Å²) in [6.45, 7) is 1.15. The van der Waals surface area contributed by atoms with Gasteiger partial charge in [-0.2, -0.15) is 5.10 Å². The van der Waals surface area contributed by atoms with Gasteiger partial charge in [-0.05, 0) is 48.9 Å². The molecular weight excluding hydrogens is 396 g/mol. The molecule has 1 aliphatic heterocycles. The van der Waals surface area contributed by atoms with Gasteiger partial charge in [0.25, 0.3) is 11.8 Å². The molecule has 1 fully saturated rings. The number of rotatable bonds is 3. The van der Waals surface area contributed by atoms with Gasteiger partial charge in [-0.25, -0.2) is 0 Å². The van der Waals surface area contributed by atoms with Crippen LogP contribution in [0.5, 0.6) is 0 Å². The summed E-state index contributed by atoms with van der Waals surface area (Å²) in [5.41, 5.74) is 2.16. The highest BCUT2D eigenvalue weighted by atomic mass is 79.9.